The van der Waals surface area contributed by atoms with Crippen LogP contribution in [0.2, 0.25) is 0 Å². The molecule has 1 amide bonds. The van der Waals surface area contributed by atoms with Crippen LogP contribution >= 0.6 is 0 Å². The molecule has 1 fully saturated rings. The van der Waals surface area contributed by atoms with E-state index < -0.39 is 0 Å². The fourth-order valence-electron chi connectivity index (χ4n) is 2.77. The van der Waals surface area contributed by atoms with Crippen LogP contribution in [0.25, 0.3) is 0 Å². The molecule has 1 aliphatic rings. The van der Waals surface area contributed by atoms with Crippen LogP contribution in [-0.2, 0) is 4.79 Å². The quantitative estimate of drug-likeness (QED) is 0.831. The number of benzene rings is 1. The minimum atomic E-state index is 0.141. The van der Waals surface area contributed by atoms with Gasteiger partial charge in [-0.3, -0.25) is 9.69 Å². The van der Waals surface area contributed by atoms with E-state index in [9.17, 15) is 4.79 Å². The molecule has 1 atom stereocenters. The molecular weight excluding hydrogens is 268 g/mol. The van der Waals surface area contributed by atoms with Crippen LogP contribution in [0, 0.1) is 0 Å². The predicted octanol–water partition coefficient (Wildman–Crippen LogP) is 1.93. The highest BCUT2D eigenvalue weighted by Gasteiger charge is 2.28. The Morgan fingerprint density at radius 1 is 1.29 bits per heavy atom. The number of ether oxygens (including phenoxy) is 2. The van der Waals surface area contributed by atoms with E-state index in [1.54, 1.807) is 33.2 Å². The Balaban J connectivity index is 2.18. The Hall–Kier alpha value is -1.75. The third-order valence-electron chi connectivity index (χ3n) is 3.99. The summed E-state index contributed by atoms with van der Waals surface area (Å²) in [4.78, 5) is 15.8. The second kappa shape index (κ2) is 6.80. The first kappa shape index (κ1) is 15.6. The van der Waals surface area contributed by atoms with Gasteiger partial charge in [0.1, 0.15) is 0 Å². The lowest BCUT2D eigenvalue weighted by molar-refractivity contribution is -0.130. The van der Waals surface area contributed by atoms with Gasteiger partial charge in [0.2, 0.25) is 5.91 Å². The first-order chi connectivity index (χ1) is 10.1. The molecule has 5 nitrogen and oxygen atoms in total. The Bertz CT molecular complexity index is 502. The maximum atomic E-state index is 11.9. The lowest BCUT2D eigenvalue weighted by Gasteiger charge is -2.26. The molecule has 0 bridgehead atoms. The van der Waals surface area contributed by atoms with Gasteiger partial charge in [-0.15, -0.1) is 0 Å². The third kappa shape index (κ3) is 3.47. The van der Waals surface area contributed by atoms with Crippen molar-refractivity contribution in [2.75, 3.05) is 41.4 Å². The smallest absolute Gasteiger partial charge is 0.236 e. The Labute approximate surface area is 126 Å². The van der Waals surface area contributed by atoms with Crippen molar-refractivity contribution < 1.29 is 14.3 Å². The number of methoxy groups -OCH3 is 2. The summed E-state index contributed by atoms with van der Waals surface area (Å²) in [6.07, 6.45) is 2.18. The molecular formula is C16H24N2O3. The Kier molecular flexibility index (Phi) is 5.07. The number of hydrogen-bond donors (Lipinski definition) is 0. The molecule has 1 aliphatic heterocycles. The average Bonchev–Trinajstić information content (AvgIpc) is 2.94. The van der Waals surface area contributed by atoms with Crippen LogP contribution in [0.5, 0.6) is 11.5 Å². The molecule has 21 heavy (non-hydrogen) atoms. The van der Waals surface area contributed by atoms with E-state index >= 15 is 0 Å². The van der Waals surface area contributed by atoms with Gasteiger partial charge < -0.3 is 14.4 Å². The van der Waals surface area contributed by atoms with Gasteiger partial charge in [0.05, 0.1) is 20.8 Å². The number of nitrogens with zero attached hydrogens (tertiary/aromatic N) is 2. The molecule has 1 aromatic rings. The van der Waals surface area contributed by atoms with Crippen LogP contribution in [-0.4, -0.2) is 57.1 Å². The SMILES string of the molecule is COc1ccc(C2CCCN2CC(=O)N(C)C)cc1OC. The number of amides is 1. The summed E-state index contributed by atoms with van der Waals surface area (Å²) in [7, 11) is 6.87. The highest BCUT2D eigenvalue weighted by atomic mass is 16.5. The van der Waals surface area contributed by atoms with E-state index in [1.165, 1.54) is 5.56 Å². The summed E-state index contributed by atoms with van der Waals surface area (Å²) in [5, 5.41) is 0. The molecule has 0 saturated carbocycles. The molecule has 5 heteroatoms. The van der Waals surface area contributed by atoms with Crippen molar-refractivity contribution in [1.29, 1.82) is 0 Å². The molecule has 0 radical (unpaired) electrons. The van der Waals surface area contributed by atoms with E-state index in [0.717, 1.165) is 30.9 Å². The van der Waals surface area contributed by atoms with Crippen molar-refractivity contribution in [3.63, 3.8) is 0 Å². The maximum absolute atomic E-state index is 11.9. The summed E-state index contributed by atoms with van der Waals surface area (Å²) < 4.78 is 10.6. The molecule has 0 N–H and O–H groups in total. The van der Waals surface area contributed by atoms with Crippen LogP contribution in [0.3, 0.4) is 0 Å². The monoisotopic (exact) mass is 292 g/mol. The highest BCUT2D eigenvalue weighted by Crippen LogP contribution is 2.36. The minimum Gasteiger partial charge on any atom is -0.493 e. The topological polar surface area (TPSA) is 42.0 Å². The number of likely N-dealkylation sites (N-methyl/N-ethyl adjacent to an activating group) is 1. The summed E-state index contributed by atoms with van der Waals surface area (Å²) in [5.74, 6) is 1.61. The second-order valence-electron chi connectivity index (χ2n) is 5.53. The predicted molar refractivity (Wildman–Crippen MR) is 81.8 cm³/mol. The van der Waals surface area contributed by atoms with Crippen molar-refractivity contribution in [1.82, 2.24) is 9.80 Å². The summed E-state index contributed by atoms with van der Waals surface area (Å²) >= 11 is 0. The van der Waals surface area contributed by atoms with Crippen molar-refractivity contribution in [2.45, 2.75) is 18.9 Å². The van der Waals surface area contributed by atoms with Crippen LogP contribution in [0.15, 0.2) is 18.2 Å². The summed E-state index contributed by atoms with van der Waals surface area (Å²) in [6, 6.07) is 6.28. The lowest BCUT2D eigenvalue weighted by atomic mass is 10.0. The summed E-state index contributed by atoms with van der Waals surface area (Å²) in [5.41, 5.74) is 1.18. The first-order valence-electron chi connectivity index (χ1n) is 7.23. The van der Waals surface area contributed by atoms with Gasteiger partial charge in [-0.1, -0.05) is 6.07 Å². The van der Waals surface area contributed by atoms with Gasteiger partial charge >= 0.3 is 0 Å². The largest absolute Gasteiger partial charge is 0.493 e. The minimum absolute atomic E-state index is 0.141. The van der Waals surface area contributed by atoms with E-state index in [-0.39, 0.29) is 11.9 Å². The fourth-order valence-corrected chi connectivity index (χ4v) is 2.77. The van der Waals surface area contributed by atoms with Crippen molar-refractivity contribution >= 4 is 5.91 Å². The molecule has 0 aromatic heterocycles. The number of rotatable bonds is 5. The van der Waals surface area contributed by atoms with Crippen molar-refractivity contribution in [2.24, 2.45) is 0 Å². The standard InChI is InChI=1S/C16H24N2O3/c1-17(2)16(19)11-18-9-5-6-13(18)12-7-8-14(20-3)15(10-12)21-4/h7-8,10,13H,5-6,9,11H2,1-4H3. The molecule has 0 spiro atoms. The number of likely N-dealkylation sites (tertiary alicyclic amines) is 1. The zero-order valence-corrected chi connectivity index (χ0v) is 13.3. The van der Waals surface area contributed by atoms with Crippen molar-refractivity contribution in [3.8, 4) is 11.5 Å². The van der Waals surface area contributed by atoms with Gasteiger partial charge in [0, 0.05) is 20.1 Å². The molecule has 2 rings (SSSR count). The van der Waals surface area contributed by atoms with E-state index in [2.05, 4.69) is 11.0 Å². The number of carbonyl (C=O) groups is 1. The lowest BCUT2D eigenvalue weighted by Crippen LogP contribution is -2.36. The van der Waals surface area contributed by atoms with Gasteiger partial charge in [0.25, 0.3) is 0 Å². The molecule has 116 valence electrons. The van der Waals surface area contributed by atoms with E-state index in [4.69, 9.17) is 9.47 Å². The fraction of sp³-hybridized carbons (Fsp3) is 0.562. The van der Waals surface area contributed by atoms with E-state index in [1.807, 2.05) is 12.1 Å². The third-order valence-corrected chi connectivity index (χ3v) is 3.99. The van der Waals surface area contributed by atoms with Gasteiger partial charge in [-0.2, -0.15) is 0 Å². The van der Waals surface area contributed by atoms with Crippen LogP contribution in [0.4, 0.5) is 0 Å². The van der Waals surface area contributed by atoms with Gasteiger partial charge in [-0.05, 0) is 37.1 Å². The Morgan fingerprint density at radius 3 is 2.62 bits per heavy atom. The normalized spacial score (nSPS) is 18.6. The molecule has 1 unspecified atom stereocenters. The summed E-state index contributed by atoms with van der Waals surface area (Å²) in [6.45, 7) is 1.42. The number of carbonyl (C=O) groups excluding carboxylic acids is 1. The first-order valence-corrected chi connectivity index (χ1v) is 7.23. The van der Waals surface area contributed by atoms with Crippen molar-refractivity contribution in [3.05, 3.63) is 23.8 Å². The van der Waals surface area contributed by atoms with Crippen LogP contribution in [0.1, 0.15) is 24.4 Å². The molecule has 0 aliphatic carbocycles. The average molecular weight is 292 g/mol. The zero-order chi connectivity index (χ0) is 15.4. The Morgan fingerprint density at radius 2 is 2.00 bits per heavy atom. The van der Waals surface area contributed by atoms with Gasteiger partial charge in [0.15, 0.2) is 11.5 Å². The maximum Gasteiger partial charge on any atom is 0.236 e. The molecule has 1 heterocycles. The molecule has 1 aromatic carbocycles. The highest BCUT2D eigenvalue weighted by molar-refractivity contribution is 5.77. The second-order valence-corrected chi connectivity index (χ2v) is 5.53. The number of hydrogen-bond acceptors (Lipinski definition) is 4. The van der Waals surface area contributed by atoms with E-state index in [0.29, 0.717) is 6.54 Å². The molecule has 1 saturated heterocycles. The van der Waals surface area contributed by atoms with Crippen LogP contribution < -0.4 is 9.47 Å². The van der Waals surface area contributed by atoms with Gasteiger partial charge in [-0.25, -0.2) is 0 Å². The zero-order valence-electron chi connectivity index (χ0n) is 13.3.